The molecule has 0 radical (unpaired) electrons. The van der Waals surface area contributed by atoms with Gasteiger partial charge in [0.1, 0.15) is 0 Å². The van der Waals surface area contributed by atoms with Gasteiger partial charge in [0.25, 0.3) is 0 Å². The SMILES string of the molecule is CCCCCCCCCCNCc1ncc(Br)cc1Br. The Hall–Kier alpha value is 0.0700. The van der Waals surface area contributed by atoms with Crippen LogP contribution in [-0.4, -0.2) is 11.5 Å². The highest BCUT2D eigenvalue weighted by molar-refractivity contribution is 9.11. The van der Waals surface area contributed by atoms with Gasteiger partial charge in [-0.05, 0) is 50.9 Å². The van der Waals surface area contributed by atoms with Crippen molar-refractivity contribution in [1.82, 2.24) is 10.3 Å². The van der Waals surface area contributed by atoms with E-state index in [1.165, 1.54) is 51.4 Å². The van der Waals surface area contributed by atoms with Crippen LogP contribution in [0, 0.1) is 0 Å². The van der Waals surface area contributed by atoms with Gasteiger partial charge in [-0.3, -0.25) is 4.98 Å². The maximum atomic E-state index is 4.40. The van der Waals surface area contributed by atoms with Gasteiger partial charge in [-0.25, -0.2) is 0 Å². The molecule has 0 saturated heterocycles. The second-order valence-corrected chi connectivity index (χ2v) is 7.00. The monoisotopic (exact) mass is 404 g/mol. The molecule has 0 fully saturated rings. The predicted molar refractivity (Wildman–Crippen MR) is 94.0 cm³/mol. The molecule has 20 heavy (non-hydrogen) atoms. The number of hydrogen-bond acceptors (Lipinski definition) is 2. The Morgan fingerprint density at radius 2 is 1.65 bits per heavy atom. The number of rotatable bonds is 11. The third kappa shape index (κ3) is 8.38. The van der Waals surface area contributed by atoms with Gasteiger partial charge in [0.05, 0.1) is 5.69 Å². The van der Waals surface area contributed by atoms with Gasteiger partial charge in [0.2, 0.25) is 0 Å². The molecule has 4 heteroatoms. The molecule has 114 valence electrons. The number of aromatic nitrogens is 1. The van der Waals surface area contributed by atoms with Crippen LogP contribution in [0.15, 0.2) is 21.2 Å². The zero-order valence-corrected chi connectivity index (χ0v) is 15.6. The first-order valence-corrected chi connectivity index (χ1v) is 9.33. The Balaban J connectivity index is 1.97. The highest BCUT2D eigenvalue weighted by Gasteiger charge is 2.01. The van der Waals surface area contributed by atoms with Crippen LogP contribution in [0.25, 0.3) is 0 Å². The van der Waals surface area contributed by atoms with E-state index in [1.807, 2.05) is 12.3 Å². The van der Waals surface area contributed by atoms with Crippen LogP contribution in [0.2, 0.25) is 0 Å². The molecule has 0 aromatic carbocycles. The predicted octanol–water partition coefficient (Wildman–Crippen LogP) is 5.84. The van der Waals surface area contributed by atoms with Crippen molar-refractivity contribution in [3.63, 3.8) is 0 Å². The summed E-state index contributed by atoms with van der Waals surface area (Å²) < 4.78 is 2.08. The smallest absolute Gasteiger partial charge is 0.0684 e. The van der Waals surface area contributed by atoms with E-state index < -0.39 is 0 Å². The zero-order valence-electron chi connectivity index (χ0n) is 12.4. The van der Waals surface area contributed by atoms with Crippen molar-refractivity contribution in [1.29, 1.82) is 0 Å². The molecule has 0 aliphatic rings. The van der Waals surface area contributed by atoms with Crippen molar-refractivity contribution in [2.45, 2.75) is 64.8 Å². The summed E-state index contributed by atoms with van der Waals surface area (Å²) >= 11 is 6.95. The number of halogens is 2. The van der Waals surface area contributed by atoms with E-state index in [0.29, 0.717) is 0 Å². The lowest BCUT2D eigenvalue weighted by Gasteiger charge is -2.06. The van der Waals surface area contributed by atoms with E-state index in [0.717, 1.165) is 27.7 Å². The third-order valence-electron chi connectivity index (χ3n) is 3.38. The molecule has 1 heterocycles. The number of pyridine rings is 1. The summed E-state index contributed by atoms with van der Waals surface area (Å²) in [6, 6.07) is 2.04. The molecule has 0 spiro atoms. The molecule has 0 aliphatic heterocycles. The second-order valence-electron chi connectivity index (χ2n) is 5.23. The van der Waals surface area contributed by atoms with Crippen molar-refractivity contribution in [3.8, 4) is 0 Å². The maximum absolute atomic E-state index is 4.40. The Morgan fingerprint density at radius 1 is 1.00 bits per heavy atom. The first-order valence-electron chi connectivity index (χ1n) is 7.74. The largest absolute Gasteiger partial charge is 0.311 e. The summed E-state index contributed by atoms with van der Waals surface area (Å²) in [5.41, 5.74) is 1.08. The number of nitrogens with one attached hydrogen (secondary N) is 1. The molecule has 1 aromatic rings. The normalized spacial score (nSPS) is 10.9. The Bertz CT molecular complexity index is 369. The van der Waals surface area contributed by atoms with Gasteiger partial charge in [0.15, 0.2) is 0 Å². The van der Waals surface area contributed by atoms with Crippen molar-refractivity contribution in [2.24, 2.45) is 0 Å². The minimum absolute atomic E-state index is 0.838. The fraction of sp³-hybridized carbons (Fsp3) is 0.688. The van der Waals surface area contributed by atoms with E-state index in [4.69, 9.17) is 0 Å². The average molecular weight is 406 g/mol. The number of hydrogen-bond donors (Lipinski definition) is 1. The molecule has 1 aromatic heterocycles. The molecule has 0 amide bonds. The van der Waals surface area contributed by atoms with Crippen molar-refractivity contribution in [3.05, 3.63) is 26.9 Å². The molecular formula is C16H26Br2N2. The summed E-state index contributed by atoms with van der Waals surface area (Å²) in [6.45, 7) is 4.19. The lowest BCUT2D eigenvalue weighted by atomic mass is 10.1. The minimum Gasteiger partial charge on any atom is -0.311 e. The lowest BCUT2D eigenvalue weighted by Crippen LogP contribution is -2.15. The van der Waals surface area contributed by atoms with Crippen LogP contribution >= 0.6 is 31.9 Å². The van der Waals surface area contributed by atoms with Gasteiger partial charge >= 0.3 is 0 Å². The van der Waals surface area contributed by atoms with Crippen LogP contribution in [0.4, 0.5) is 0 Å². The van der Waals surface area contributed by atoms with Gasteiger partial charge in [0, 0.05) is 21.7 Å². The summed E-state index contributed by atoms with van der Waals surface area (Å²) in [6.07, 6.45) is 12.8. The third-order valence-corrected chi connectivity index (χ3v) is 4.50. The lowest BCUT2D eigenvalue weighted by molar-refractivity contribution is 0.553. The number of nitrogens with zero attached hydrogens (tertiary/aromatic N) is 1. The molecule has 0 saturated carbocycles. The first-order chi connectivity index (χ1) is 9.74. The maximum Gasteiger partial charge on any atom is 0.0684 e. The standard InChI is InChI=1S/C16H26Br2N2/c1-2-3-4-5-6-7-8-9-10-19-13-16-15(18)11-14(17)12-20-16/h11-12,19H,2-10,13H2,1H3. The molecular weight excluding hydrogens is 380 g/mol. The number of unbranched alkanes of at least 4 members (excludes halogenated alkanes) is 7. The summed E-state index contributed by atoms with van der Waals surface area (Å²) in [4.78, 5) is 4.40. The van der Waals surface area contributed by atoms with Crippen molar-refractivity contribution in [2.75, 3.05) is 6.54 Å². The topological polar surface area (TPSA) is 24.9 Å². The van der Waals surface area contributed by atoms with Crippen LogP contribution in [-0.2, 0) is 6.54 Å². The van der Waals surface area contributed by atoms with Crippen LogP contribution in [0.1, 0.15) is 64.0 Å². The molecule has 0 aliphatic carbocycles. The zero-order chi connectivity index (χ0) is 14.6. The molecule has 0 unspecified atom stereocenters. The highest BCUT2D eigenvalue weighted by atomic mass is 79.9. The Kier molecular flexibility index (Phi) is 10.6. The minimum atomic E-state index is 0.838. The summed E-state index contributed by atoms with van der Waals surface area (Å²) in [5.74, 6) is 0. The van der Waals surface area contributed by atoms with Crippen LogP contribution in [0.3, 0.4) is 0 Å². The van der Waals surface area contributed by atoms with Crippen molar-refractivity contribution < 1.29 is 0 Å². The van der Waals surface area contributed by atoms with Gasteiger partial charge in [-0.2, -0.15) is 0 Å². The van der Waals surface area contributed by atoms with Crippen LogP contribution < -0.4 is 5.32 Å². The first kappa shape index (κ1) is 18.1. The van der Waals surface area contributed by atoms with E-state index in [-0.39, 0.29) is 0 Å². The van der Waals surface area contributed by atoms with E-state index >= 15 is 0 Å². The Labute approximate surface area is 140 Å². The quantitative estimate of drug-likeness (QED) is 0.468. The van der Waals surface area contributed by atoms with Crippen molar-refractivity contribution >= 4 is 31.9 Å². The molecule has 1 N–H and O–H groups in total. The highest BCUT2D eigenvalue weighted by Crippen LogP contribution is 2.19. The van der Waals surface area contributed by atoms with E-state index in [9.17, 15) is 0 Å². The fourth-order valence-electron chi connectivity index (χ4n) is 2.16. The molecule has 0 bridgehead atoms. The molecule has 2 nitrogen and oxygen atoms in total. The summed E-state index contributed by atoms with van der Waals surface area (Å²) in [7, 11) is 0. The van der Waals surface area contributed by atoms with Gasteiger partial charge in [-0.15, -0.1) is 0 Å². The molecule has 1 rings (SSSR count). The van der Waals surface area contributed by atoms with Gasteiger partial charge < -0.3 is 5.32 Å². The average Bonchev–Trinajstić information content (AvgIpc) is 2.43. The van der Waals surface area contributed by atoms with Crippen LogP contribution in [0.5, 0.6) is 0 Å². The second kappa shape index (κ2) is 11.7. The Morgan fingerprint density at radius 3 is 2.30 bits per heavy atom. The molecule has 0 atom stereocenters. The summed E-state index contributed by atoms with van der Waals surface area (Å²) in [5, 5.41) is 3.47. The fourth-order valence-corrected chi connectivity index (χ4v) is 3.29. The van der Waals surface area contributed by atoms with E-state index in [2.05, 4.69) is 49.1 Å². The van der Waals surface area contributed by atoms with E-state index in [1.54, 1.807) is 0 Å². The van der Waals surface area contributed by atoms with Gasteiger partial charge in [-0.1, -0.05) is 51.9 Å².